The van der Waals surface area contributed by atoms with Crippen LogP contribution in [-0.4, -0.2) is 43.7 Å². The van der Waals surface area contributed by atoms with E-state index in [2.05, 4.69) is 9.88 Å². The van der Waals surface area contributed by atoms with Crippen molar-refractivity contribution in [3.63, 3.8) is 0 Å². The zero-order valence-electron chi connectivity index (χ0n) is 18.4. The number of hydrogen-bond donors (Lipinski definition) is 0. The number of rotatable bonds is 4. The predicted octanol–water partition coefficient (Wildman–Crippen LogP) is 4.36. The van der Waals surface area contributed by atoms with Crippen LogP contribution in [-0.2, 0) is 4.79 Å². The van der Waals surface area contributed by atoms with Crippen molar-refractivity contribution < 1.29 is 4.79 Å². The number of thioether (sulfide) groups is 1. The zero-order valence-corrected chi connectivity index (χ0v) is 19.2. The van der Waals surface area contributed by atoms with Crippen LogP contribution in [0.25, 0.3) is 16.7 Å². The number of nitrogens with zero attached hydrogens (tertiary/aromatic N) is 4. The molecule has 1 aliphatic heterocycles. The third kappa shape index (κ3) is 4.06. The third-order valence-electron chi connectivity index (χ3n) is 6.76. The Bertz CT molecular complexity index is 1210. The van der Waals surface area contributed by atoms with Gasteiger partial charge in [0.2, 0.25) is 5.91 Å². The molecule has 1 saturated carbocycles. The van der Waals surface area contributed by atoms with Gasteiger partial charge < -0.3 is 4.90 Å². The molecule has 5 rings (SSSR count). The van der Waals surface area contributed by atoms with Crippen molar-refractivity contribution in [3.8, 4) is 5.82 Å². The molecule has 0 bridgehead atoms. The summed E-state index contributed by atoms with van der Waals surface area (Å²) < 4.78 is 1.55. The summed E-state index contributed by atoms with van der Waals surface area (Å²) in [6.07, 6.45) is 8.89. The van der Waals surface area contributed by atoms with Gasteiger partial charge in [0.15, 0.2) is 5.16 Å². The van der Waals surface area contributed by atoms with Crippen LogP contribution in [0.4, 0.5) is 0 Å². The lowest BCUT2D eigenvalue weighted by Gasteiger charge is -2.44. The summed E-state index contributed by atoms with van der Waals surface area (Å²) in [6.45, 7) is 2.82. The molecule has 2 atom stereocenters. The van der Waals surface area contributed by atoms with Crippen molar-refractivity contribution >= 4 is 28.6 Å². The Morgan fingerprint density at radius 1 is 1.12 bits per heavy atom. The number of aryl methyl sites for hydroxylation is 1. The van der Waals surface area contributed by atoms with E-state index in [-0.39, 0.29) is 17.2 Å². The molecule has 0 N–H and O–H groups in total. The van der Waals surface area contributed by atoms with Crippen LogP contribution in [0.2, 0.25) is 0 Å². The molecule has 2 aromatic heterocycles. The molecule has 32 heavy (non-hydrogen) atoms. The van der Waals surface area contributed by atoms with Gasteiger partial charge in [0, 0.05) is 18.8 Å². The molecule has 2 fully saturated rings. The Morgan fingerprint density at radius 2 is 1.94 bits per heavy atom. The van der Waals surface area contributed by atoms with Crippen LogP contribution >= 0.6 is 11.8 Å². The second-order valence-corrected chi connectivity index (χ2v) is 9.82. The second-order valence-electron chi connectivity index (χ2n) is 8.87. The first-order valence-electron chi connectivity index (χ1n) is 11.5. The van der Waals surface area contributed by atoms with Crippen molar-refractivity contribution in [1.29, 1.82) is 0 Å². The van der Waals surface area contributed by atoms with Gasteiger partial charge in [0.05, 0.1) is 16.7 Å². The van der Waals surface area contributed by atoms with Crippen molar-refractivity contribution in [3.05, 3.63) is 58.5 Å². The van der Waals surface area contributed by atoms with E-state index in [0.29, 0.717) is 33.8 Å². The molecule has 6 nitrogen and oxygen atoms in total. The summed E-state index contributed by atoms with van der Waals surface area (Å²) in [6, 6.07) is 11.5. The molecule has 1 aromatic carbocycles. The first-order valence-corrected chi connectivity index (χ1v) is 12.5. The normalized spacial score (nSPS) is 20.8. The minimum Gasteiger partial charge on any atom is -0.339 e. The van der Waals surface area contributed by atoms with Gasteiger partial charge in [-0.05, 0) is 68.4 Å². The average Bonchev–Trinajstić information content (AvgIpc) is 2.82. The number of amides is 1. The van der Waals surface area contributed by atoms with E-state index in [1.807, 2.05) is 37.3 Å². The largest absolute Gasteiger partial charge is 0.339 e. The highest BCUT2D eigenvalue weighted by atomic mass is 32.2. The number of hydrogen-bond acceptors (Lipinski definition) is 5. The highest BCUT2D eigenvalue weighted by molar-refractivity contribution is 7.99. The van der Waals surface area contributed by atoms with Gasteiger partial charge in [-0.25, -0.2) is 14.5 Å². The molecular formula is C25H28N4O2S. The van der Waals surface area contributed by atoms with Gasteiger partial charge in [-0.3, -0.25) is 9.59 Å². The van der Waals surface area contributed by atoms with E-state index in [0.717, 1.165) is 24.9 Å². The Kier molecular flexibility index (Phi) is 6.00. The number of carbonyl (C=O) groups is 1. The van der Waals surface area contributed by atoms with Crippen LogP contribution in [0.5, 0.6) is 0 Å². The fourth-order valence-corrected chi connectivity index (χ4v) is 6.08. The topological polar surface area (TPSA) is 68.1 Å². The summed E-state index contributed by atoms with van der Waals surface area (Å²) in [5, 5.41) is 1.06. The molecule has 2 unspecified atom stereocenters. The number of fused-ring (bicyclic) bond motifs is 2. The summed E-state index contributed by atoms with van der Waals surface area (Å²) >= 11 is 1.34. The molecule has 3 heterocycles. The number of piperidine rings is 1. The molecule has 0 radical (unpaired) electrons. The van der Waals surface area contributed by atoms with Crippen LogP contribution in [0.15, 0.2) is 52.5 Å². The van der Waals surface area contributed by atoms with E-state index in [9.17, 15) is 9.59 Å². The number of aromatic nitrogens is 3. The number of para-hydroxylation sites is 1. The Balaban J connectivity index is 1.46. The second kappa shape index (κ2) is 9.06. The first-order chi connectivity index (χ1) is 15.6. The van der Waals surface area contributed by atoms with Crippen molar-refractivity contribution in [2.45, 2.75) is 56.6 Å². The van der Waals surface area contributed by atoms with Crippen LogP contribution in [0.3, 0.4) is 0 Å². The van der Waals surface area contributed by atoms with Gasteiger partial charge in [-0.1, -0.05) is 36.7 Å². The van der Waals surface area contributed by atoms with Crippen LogP contribution in [0.1, 0.15) is 44.1 Å². The minimum atomic E-state index is -0.158. The summed E-state index contributed by atoms with van der Waals surface area (Å²) in [4.78, 5) is 37.9. The molecule has 3 aromatic rings. The Morgan fingerprint density at radius 3 is 2.81 bits per heavy atom. The molecule has 2 aliphatic rings. The number of benzene rings is 1. The highest BCUT2D eigenvalue weighted by Gasteiger charge is 2.35. The van der Waals surface area contributed by atoms with Crippen molar-refractivity contribution in [2.75, 3.05) is 12.3 Å². The maximum atomic E-state index is 13.4. The average molecular weight is 449 g/mol. The predicted molar refractivity (Wildman–Crippen MR) is 127 cm³/mol. The standard InChI is InChI=1S/C25H28N4O2S/c1-17-12-13-26-22(15-17)29-24(31)19-9-3-4-10-20(19)27-25(29)32-16-23(30)28-14-6-8-18-7-2-5-11-21(18)28/h3-4,9-10,12-13,15,18,21H,2,5-8,11,14,16H2,1H3. The van der Waals surface area contributed by atoms with Crippen LogP contribution < -0.4 is 5.56 Å². The van der Waals surface area contributed by atoms with E-state index in [1.165, 1.54) is 37.4 Å². The van der Waals surface area contributed by atoms with Gasteiger partial charge in [0.1, 0.15) is 5.82 Å². The summed E-state index contributed by atoms with van der Waals surface area (Å²) in [5.41, 5.74) is 1.49. The fraction of sp³-hybridized carbons (Fsp3) is 0.440. The van der Waals surface area contributed by atoms with Gasteiger partial charge in [-0.15, -0.1) is 0 Å². The summed E-state index contributed by atoms with van der Waals surface area (Å²) in [5.74, 6) is 1.62. The maximum absolute atomic E-state index is 13.4. The first kappa shape index (κ1) is 21.2. The molecule has 7 heteroatoms. The van der Waals surface area contributed by atoms with E-state index in [4.69, 9.17) is 4.98 Å². The number of carbonyl (C=O) groups excluding carboxylic acids is 1. The SMILES string of the molecule is Cc1ccnc(-n2c(SCC(=O)N3CCCC4CCCCC43)nc3ccccc3c2=O)c1. The van der Waals surface area contributed by atoms with E-state index in [1.54, 1.807) is 16.8 Å². The Hall–Kier alpha value is -2.67. The number of likely N-dealkylation sites (tertiary alicyclic amines) is 1. The Labute approximate surface area is 192 Å². The molecule has 1 saturated heterocycles. The molecular weight excluding hydrogens is 420 g/mol. The van der Waals surface area contributed by atoms with Gasteiger partial charge in [-0.2, -0.15) is 0 Å². The summed E-state index contributed by atoms with van der Waals surface area (Å²) in [7, 11) is 0. The smallest absolute Gasteiger partial charge is 0.267 e. The van der Waals surface area contributed by atoms with Crippen molar-refractivity contribution in [2.24, 2.45) is 5.92 Å². The third-order valence-corrected chi connectivity index (χ3v) is 7.69. The number of pyridine rings is 1. The monoisotopic (exact) mass is 448 g/mol. The van der Waals surface area contributed by atoms with Crippen molar-refractivity contribution in [1.82, 2.24) is 19.4 Å². The lowest BCUT2D eigenvalue weighted by Crippen LogP contribution is -2.50. The van der Waals surface area contributed by atoms with Crippen LogP contribution in [0, 0.1) is 12.8 Å². The maximum Gasteiger partial charge on any atom is 0.267 e. The quantitative estimate of drug-likeness (QED) is 0.438. The van der Waals surface area contributed by atoms with Gasteiger partial charge in [0.25, 0.3) is 5.56 Å². The molecule has 1 aliphatic carbocycles. The lowest BCUT2D eigenvalue weighted by atomic mass is 9.78. The molecule has 166 valence electrons. The minimum absolute atomic E-state index is 0.151. The van der Waals surface area contributed by atoms with Gasteiger partial charge >= 0.3 is 0 Å². The molecule has 0 spiro atoms. The fourth-order valence-electron chi connectivity index (χ4n) is 5.20. The molecule has 1 amide bonds. The van der Waals surface area contributed by atoms with E-state index >= 15 is 0 Å². The van der Waals surface area contributed by atoms with E-state index < -0.39 is 0 Å². The zero-order chi connectivity index (χ0) is 22.1. The highest BCUT2D eigenvalue weighted by Crippen LogP contribution is 2.35. The lowest BCUT2D eigenvalue weighted by molar-refractivity contribution is -0.134.